The maximum atomic E-state index is 3.54. The lowest BCUT2D eigenvalue weighted by Crippen LogP contribution is -2.37. The third-order valence-corrected chi connectivity index (χ3v) is 3.25. The van der Waals surface area contributed by atoms with E-state index in [9.17, 15) is 0 Å². The molecule has 1 rings (SSSR count). The summed E-state index contributed by atoms with van der Waals surface area (Å²) in [7, 11) is 0. The molecule has 1 aliphatic heterocycles. The molecule has 15 heavy (non-hydrogen) atoms. The Hall–Kier alpha value is -0.0800. The van der Waals surface area contributed by atoms with Crippen LogP contribution in [0.1, 0.15) is 47.0 Å². The largest absolute Gasteiger partial charge is 0.312 e. The van der Waals surface area contributed by atoms with Gasteiger partial charge in [0.2, 0.25) is 0 Å². The number of hydrogen-bond donors (Lipinski definition) is 1. The molecular formula is C13H28N2. The van der Waals surface area contributed by atoms with Crippen molar-refractivity contribution in [2.24, 2.45) is 5.92 Å². The molecule has 2 heteroatoms. The normalized spacial score (nSPS) is 23.6. The second-order valence-corrected chi connectivity index (χ2v) is 5.89. The molecule has 0 saturated carbocycles. The summed E-state index contributed by atoms with van der Waals surface area (Å²) in [4.78, 5) is 2.62. The van der Waals surface area contributed by atoms with Gasteiger partial charge in [-0.1, -0.05) is 13.3 Å². The number of likely N-dealkylation sites (tertiary alicyclic amines) is 1. The second-order valence-electron chi connectivity index (χ2n) is 5.89. The number of nitrogens with zero attached hydrogens (tertiary/aromatic N) is 1. The minimum absolute atomic E-state index is 0.275. The van der Waals surface area contributed by atoms with Gasteiger partial charge in [0.05, 0.1) is 0 Å². The average molecular weight is 212 g/mol. The van der Waals surface area contributed by atoms with Crippen LogP contribution < -0.4 is 5.32 Å². The summed E-state index contributed by atoms with van der Waals surface area (Å²) >= 11 is 0. The molecule has 0 bridgehead atoms. The molecular weight excluding hydrogens is 184 g/mol. The standard InChI is InChI=1S/C13H28N2/c1-5-12-7-10-15(11-12)9-6-8-14-13(2,3)4/h12,14H,5-11H2,1-4H3. The van der Waals surface area contributed by atoms with Crippen molar-refractivity contribution in [3.05, 3.63) is 0 Å². The molecule has 1 N–H and O–H groups in total. The highest BCUT2D eigenvalue weighted by Crippen LogP contribution is 2.18. The fraction of sp³-hybridized carbons (Fsp3) is 1.00. The van der Waals surface area contributed by atoms with Crippen molar-refractivity contribution in [1.82, 2.24) is 10.2 Å². The molecule has 0 aromatic carbocycles. The van der Waals surface area contributed by atoms with Gasteiger partial charge in [-0.05, 0) is 59.2 Å². The molecule has 0 spiro atoms. The lowest BCUT2D eigenvalue weighted by atomic mass is 10.1. The highest BCUT2D eigenvalue weighted by molar-refractivity contribution is 4.75. The Labute approximate surface area is 95.4 Å². The lowest BCUT2D eigenvalue weighted by molar-refractivity contribution is 0.307. The highest BCUT2D eigenvalue weighted by Gasteiger charge is 2.20. The zero-order valence-electron chi connectivity index (χ0n) is 11.0. The molecule has 0 aromatic heterocycles. The Morgan fingerprint density at radius 3 is 2.60 bits per heavy atom. The summed E-state index contributed by atoms with van der Waals surface area (Å²) in [6, 6.07) is 0. The Bertz CT molecular complexity index is 172. The SMILES string of the molecule is CCC1CCN(CCCNC(C)(C)C)C1. The van der Waals surface area contributed by atoms with Crippen LogP contribution in [0.25, 0.3) is 0 Å². The van der Waals surface area contributed by atoms with E-state index in [2.05, 4.69) is 37.9 Å². The van der Waals surface area contributed by atoms with Crippen molar-refractivity contribution in [2.45, 2.75) is 52.5 Å². The maximum absolute atomic E-state index is 3.54. The highest BCUT2D eigenvalue weighted by atomic mass is 15.1. The first-order valence-electron chi connectivity index (χ1n) is 6.48. The number of hydrogen-bond acceptors (Lipinski definition) is 2. The van der Waals surface area contributed by atoms with Crippen molar-refractivity contribution in [1.29, 1.82) is 0 Å². The molecule has 2 nitrogen and oxygen atoms in total. The molecule has 1 fully saturated rings. The van der Waals surface area contributed by atoms with Gasteiger partial charge in [0, 0.05) is 12.1 Å². The molecule has 1 atom stereocenters. The van der Waals surface area contributed by atoms with Gasteiger partial charge < -0.3 is 10.2 Å². The quantitative estimate of drug-likeness (QED) is 0.704. The molecule has 0 aromatic rings. The van der Waals surface area contributed by atoms with E-state index in [1.54, 1.807) is 0 Å². The summed E-state index contributed by atoms with van der Waals surface area (Å²) in [5.41, 5.74) is 0.275. The molecule has 0 amide bonds. The van der Waals surface area contributed by atoms with Crippen molar-refractivity contribution in [3.63, 3.8) is 0 Å². The maximum Gasteiger partial charge on any atom is 0.00965 e. The van der Waals surface area contributed by atoms with Gasteiger partial charge in [-0.3, -0.25) is 0 Å². The Morgan fingerprint density at radius 1 is 1.33 bits per heavy atom. The smallest absolute Gasteiger partial charge is 0.00965 e. The first kappa shape index (κ1) is 13.0. The molecule has 0 aliphatic carbocycles. The van der Waals surface area contributed by atoms with Gasteiger partial charge in [0.15, 0.2) is 0 Å². The molecule has 1 aliphatic rings. The van der Waals surface area contributed by atoms with Crippen LogP contribution in [0, 0.1) is 5.92 Å². The minimum atomic E-state index is 0.275. The Balaban J connectivity index is 2.02. The first-order chi connectivity index (χ1) is 7.01. The van der Waals surface area contributed by atoms with Crippen molar-refractivity contribution in [2.75, 3.05) is 26.2 Å². The molecule has 90 valence electrons. The van der Waals surface area contributed by atoms with Crippen LogP contribution in [0.4, 0.5) is 0 Å². The fourth-order valence-corrected chi connectivity index (χ4v) is 2.22. The third-order valence-electron chi connectivity index (χ3n) is 3.25. The van der Waals surface area contributed by atoms with Gasteiger partial charge in [0.25, 0.3) is 0 Å². The Kier molecular flexibility index (Phi) is 5.07. The molecule has 1 heterocycles. The van der Waals surface area contributed by atoms with E-state index in [0.29, 0.717) is 0 Å². The van der Waals surface area contributed by atoms with E-state index in [-0.39, 0.29) is 5.54 Å². The topological polar surface area (TPSA) is 15.3 Å². The molecule has 1 unspecified atom stereocenters. The number of rotatable bonds is 5. The lowest BCUT2D eigenvalue weighted by Gasteiger charge is -2.22. The van der Waals surface area contributed by atoms with Crippen molar-refractivity contribution in [3.8, 4) is 0 Å². The number of nitrogens with one attached hydrogen (secondary N) is 1. The van der Waals surface area contributed by atoms with E-state index in [1.807, 2.05) is 0 Å². The van der Waals surface area contributed by atoms with Gasteiger partial charge >= 0.3 is 0 Å². The van der Waals surface area contributed by atoms with Crippen molar-refractivity contribution >= 4 is 0 Å². The molecule has 1 saturated heterocycles. The summed E-state index contributed by atoms with van der Waals surface area (Å²) < 4.78 is 0. The summed E-state index contributed by atoms with van der Waals surface area (Å²) in [6.07, 6.45) is 4.06. The zero-order valence-corrected chi connectivity index (χ0v) is 11.0. The van der Waals surface area contributed by atoms with Crippen LogP contribution in [0.5, 0.6) is 0 Å². The summed E-state index contributed by atoms with van der Waals surface area (Å²) in [6.45, 7) is 14.1. The predicted octanol–water partition coefficient (Wildman–Crippen LogP) is 2.50. The average Bonchev–Trinajstić information content (AvgIpc) is 2.59. The van der Waals surface area contributed by atoms with Crippen LogP contribution in [0.3, 0.4) is 0 Å². The molecule has 0 radical (unpaired) electrons. The Morgan fingerprint density at radius 2 is 2.07 bits per heavy atom. The summed E-state index contributed by atoms with van der Waals surface area (Å²) in [5, 5.41) is 3.54. The van der Waals surface area contributed by atoms with Crippen molar-refractivity contribution < 1.29 is 0 Å². The van der Waals surface area contributed by atoms with E-state index in [4.69, 9.17) is 0 Å². The van der Waals surface area contributed by atoms with Crippen LogP contribution in [0.15, 0.2) is 0 Å². The van der Waals surface area contributed by atoms with Gasteiger partial charge in [-0.2, -0.15) is 0 Å². The van der Waals surface area contributed by atoms with Gasteiger partial charge in [-0.25, -0.2) is 0 Å². The van der Waals surface area contributed by atoms with E-state index < -0.39 is 0 Å². The zero-order chi connectivity index (χ0) is 11.3. The van der Waals surface area contributed by atoms with Crippen LogP contribution in [-0.2, 0) is 0 Å². The summed E-state index contributed by atoms with van der Waals surface area (Å²) in [5.74, 6) is 0.973. The van der Waals surface area contributed by atoms with Crippen LogP contribution >= 0.6 is 0 Å². The minimum Gasteiger partial charge on any atom is -0.312 e. The predicted molar refractivity (Wildman–Crippen MR) is 67.2 cm³/mol. The first-order valence-corrected chi connectivity index (χ1v) is 6.48. The van der Waals surface area contributed by atoms with Crippen LogP contribution in [0.2, 0.25) is 0 Å². The monoisotopic (exact) mass is 212 g/mol. The van der Waals surface area contributed by atoms with Gasteiger partial charge in [0.1, 0.15) is 0 Å². The van der Waals surface area contributed by atoms with E-state index >= 15 is 0 Å². The fourth-order valence-electron chi connectivity index (χ4n) is 2.22. The van der Waals surface area contributed by atoms with Gasteiger partial charge in [-0.15, -0.1) is 0 Å². The van der Waals surface area contributed by atoms with Crippen LogP contribution in [-0.4, -0.2) is 36.6 Å². The van der Waals surface area contributed by atoms with E-state index in [0.717, 1.165) is 12.5 Å². The van der Waals surface area contributed by atoms with E-state index in [1.165, 1.54) is 38.9 Å². The second kappa shape index (κ2) is 5.86. The third kappa shape index (κ3) is 5.53.